The third kappa shape index (κ3) is 5.27. The Hall–Kier alpha value is -3.58. The molecule has 3 aliphatic rings. The zero-order valence-corrected chi connectivity index (χ0v) is 22.3. The number of aliphatic hydroxyl groups excluding tert-OH is 1. The number of non-ortho nitro benzene ring substituents is 1. The standard InChI is InChI=1S/C28H31BN2O9/c1-16(10-20-7-8-21(14-32)39-20)6-9-24-25-17(15-38-2)11-22-26(23(25)13-29(35)40-24)28(34)30(27(22)33)18-4-3-5-19(12-18)31(36)37/h3-5,7-8,10,12,22-24,26,32,35H,6,9,11,13-15H2,1-2H3/b16-10+/t22-,23+,24-,26-/m1/s1. The van der Waals surface area contributed by atoms with E-state index >= 15 is 0 Å². The number of amides is 2. The number of carbonyl (C=O) groups excluding carboxylic acids is 2. The van der Waals surface area contributed by atoms with Crippen LogP contribution in [0.25, 0.3) is 6.08 Å². The first-order chi connectivity index (χ1) is 19.2. The number of nitro groups is 1. The Morgan fingerprint density at radius 3 is 2.75 bits per heavy atom. The van der Waals surface area contributed by atoms with Crippen LogP contribution in [0.5, 0.6) is 0 Å². The highest BCUT2D eigenvalue weighted by Crippen LogP contribution is 2.51. The van der Waals surface area contributed by atoms with Crippen LogP contribution in [0.4, 0.5) is 11.4 Å². The third-order valence-corrected chi connectivity index (χ3v) is 7.95. The molecular formula is C28H31BN2O9. The van der Waals surface area contributed by atoms with Crippen molar-refractivity contribution in [2.75, 3.05) is 18.6 Å². The second-order valence-electron chi connectivity index (χ2n) is 10.5. The van der Waals surface area contributed by atoms with E-state index in [0.29, 0.717) is 30.8 Å². The van der Waals surface area contributed by atoms with E-state index in [9.17, 15) is 29.8 Å². The summed E-state index contributed by atoms with van der Waals surface area (Å²) in [7, 11) is 0.452. The van der Waals surface area contributed by atoms with Crippen molar-refractivity contribution < 1.29 is 38.5 Å². The largest absolute Gasteiger partial charge is 0.459 e. The molecule has 11 nitrogen and oxygen atoms in total. The number of imide groups is 1. The number of furan rings is 1. The molecule has 2 N–H and O–H groups in total. The molecule has 2 saturated heterocycles. The molecule has 5 rings (SSSR count). The molecule has 12 heteroatoms. The summed E-state index contributed by atoms with van der Waals surface area (Å²) in [5.41, 5.74) is 2.74. The van der Waals surface area contributed by atoms with Crippen molar-refractivity contribution >= 4 is 36.4 Å². The molecule has 2 amide bonds. The summed E-state index contributed by atoms with van der Waals surface area (Å²) in [6.45, 7) is 2.03. The van der Waals surface area contributed by atoms with Gasteiger partial charge >= 0.3 is 7.12 Å². The monoisotopic (exact) mass is 550 g/mol. The lowest BCUT2D eigenvalue weighted by atomic mass is 9.58. The van der Waals surface area contributed by atoms with Crippen LogP contribution < -0.4 is 4.90 Å². The number of methoxy groups -OCH3 is 1. The minimum absolute atomic E-state index is 0.160. The van der Waals surface area contributed by atoms with E-state index < -0.39 is 47.7 Å². The molecule has 2 fully saturated rings. The van der Waals surface area contributed by atoms with Crippen LogP contribution in [0.2, 0.25) is 6.32 Å². The molecule has 0 radical (unpaired) electrons. The topological polar surface area (TPSA) is 153 Å². The van der Waals surface area contributed by atoms with Gasteiger partial charge in [0, 0.05) is 19.2 Å². The number of hydrogen-bond acceptors (Lipinski definition) is 9. The first kappa shape index (κ1) is 28.0. The highest BCUT2D eigenvalue weighted by molar-refractivity contribution is 6.43. The third-order valence-electron chi connectivity index (χ3n) is 7.95. The zero-order chi connectivity index (χ0) is 28.6. The number of anilines is 1. The van der Waals surface area contributed by atoms with Gasteiger partial charge in [-0.2, -0.15) is 0 Å². The number of aliphatic hydroxyl groups is 1. The molecule has 0 unspecified atom stereocenters. The van der Waals surface area contributed by atoms with Gasteiger partial charge in [0.2, 0.25) is 11.8 Å². The summed E-state index contributed by atoms with van der Waals surface area (Å²) in [5, 5.41) is 31.3. The molecule has 3 heterocycles. The van der Waals surface area contributed by atoms with E-state index in [2.05, 4.69) is 0 Å². The highest BCUT2D eigenvalue weighted by Gasteiger charge is 2.57. The van der Waals surface area contributed by atoms with Gasteiger partial charge < -0.3 is 23.9 Å². The minimum Gasteiger partial charge on any atom is -0.459 e. The quantitative estimate of drug-likeness (QED) is 0.157. The van der Waals surface area contributed by atoms with Crippen molar-refractivity contribution in [3.8, 4) is 0 Å². The first-order valence-electron chi connectivity index (χ1n) is 13.2. The van der Waals surface area contributed by atoms with E-state index in [1.165, 1.54) is 24.3 Å². The Balaban J connectivity index is 1.43. The van der Waals surface area contributed by atoms with Gasteiger partial charge in [-0.1, -0.05) is 11.6 Å². The van der Waals surface area contributed by atoms with Gasteiger partial charge in [0.25, 0.3) is 5.69 Å². The smallest absolute Gasteiger partial charge is 0.455 e. The number of hydrogen-bond donors (Lipinski definition) is 2. The van der Waals surface area contributed by atoms with Crippen molar-refractivity contribution in [3.05, 3.63) is 74.8 Å². The van der Waals surface area contributed by atoms with Gasteiger partial charge in [-0.15, -0.1) is 0 Å². The Morgan fingerprint density at radius 1 is 1.25 bits per heavy atom. The average molecular weight is 550 g/mol. The molecule has 210 valence electrons. The van der Waals surface area contributed by atoms with Crippen LogP contribution in [0.3, 0.4) is 0 Å². The van der Waals surface area contributed by atoms with Crippen molar-refractivity contribution in [2.24, 2.45) is 17.8 Å². The second kappa shape index (κ2) is 11.5. The summed E-state index contributed by atoms with van der Waals surface area (Å²) in [6.07, 6.45) is 3.01. The van der Waals surface area contributed by atoms with Gasteiger partial charge in [-0.05, 0) is 73.8 Å². The number of benzene rings is 1. The fourth-order valence-electron chi connectivity index (χ4n) is 6.30. The van der Waals surface area contributed by atoms with Crippen LogP contribution in [0.1, 0.15) is 37.7 Å². The highest BCUT2D eigenvalue weighted by atomic mass is 16.6. The lowest BCUT2D eigenvalue weighted by molar-refractivity contribution is -0.384. The van der Waals surface area contributed by atoms with Gasteiger partial charge in [-0.25, -0.2) is 4.90 Å². The maximum Gasteiger partial charge on any atom is 0.455 e. The molecule has 0 saturated carbocycles. The molecule has 4 atom stereocenters. The lowest BCUT2D eigenvalue weighted by Gasteiger charge is -2.43. The SMILES string of the molecule is COCC1=C2[C@@H](CC/C(C)=C/c3ccc(CO)o3)OB(O)C[C@@H]2[C@@H]2C(=O)N(c3cccc([N+](=O)[O-])c3)C(=O)[C@@H]2C1. The molecule has 1 aromatic carbocycles. The van der Waals surface area contributed by atoms with Crippen LogP contribution in [0.15, 0.2) is 57.5 Å². The molecule has 0 spiro atoms. The average Bonchev–Trinajstić information content (AvgIpc) is 3.48. The van der Waals surface area contributed by atoms with Crippen molar-refractivity contribution in [1.82, 2.24) is 0 Å². The van der Waals surface area contributed by atoms with Crippen LogP contribution in [0, 0.1) is 27.9 Å². The molecular weight excluding hydrogens is 519 g/mol. The van der Waals surface area contributed by atoms with Gasteiger partial charge in [-0.3, -0.25) is 19.7 Å². The summed E-state index contributed by atoms with van der Waals surface area (Å²) < 4.78 is 17.0. The van der Waals surface area contributed by atoms with Crippen molar-refractivity contribution in [2.45, 2.75) is 45.2 Å². The van der Waals surface area contributed by atoms with E-state index in [1.54, 1.807) is 19.2 Å². The van der Waals surface area contributed by atoms with Crippen LogP contribution in [-0.4, -0.2) is 53.8 Å². The van der Waals surface area contributed by atoms with E-state index in [0.717, 1.165) is 21.6 Å². The summed E-state index contributed by atoms with van der Waals surface area (Å²) in [4.78, 5) is 39.2. The fourth-order valence-corrected chi connectivity index (χ4v) is 6.30. The first-order valence-corrected chi connectivity index (χ1v) is 13.2. The Morgan fingerprint density at radius 2 is 2.05 bits per heavy atom. The number of fused-ring (bicyclic) bond motifs is 3. The molecule has 1 aliphatic carbocycles. The second-order valence-corrected chi connectivity index (χ2v) is 10.5. The summed E-state index contributed by atoms with van der Waals surface area (Å²) >= 11 is 0. The van der Waals surface area contributed by atoms with Gasteiger partial charge in [0.1, 0.15) is 18.1 Å². The number of nitro benzene ring substituents is 1. The number of allylic oxidation sites excluding steroid dienone is 1. The summed E-state index contributed by atoms with van der Waals surface area (Å²) in [5.74, 6) is -1.52. The lowest BCUT2D eigenvalue weighted by Crippen LogP contribution is -2.46. The minimum atomic E-state index is -1.11. The zero-order valence-electron chi connectivity index (χ0n) is 22.3. The van der Waals surface area contributed by atoms with E-state index in [-0.39, 0.29) is 30.9 Å². The van der Waals surface area contributed by atoms with Crippen LogP contribution in [-0.2, 0) is 25.6 Å². The predicted molar refractivity (Wildman–Crippen MR) is 145 cm³/mol. The fraction of sp³-hybridized carbons (Fsp3) is 0.429. The summed E-state index contributed by atoms with van der Waals surface area (Å²) in [6, 6.07) is 9.00. The van der Waals surface area contributed by atoms with Crippen molar-refractivity contribution in [1.29, 1.82) is 0 Å². The van der Waals surface area contributed by atoms with Gasteiger partial charge in [0.05, 0.1) is 35.2 Å². The van der Waals surface area contributed by atoms with Gasteiger partial charge in [0.15, 0.2) is 0 Å². The Labute approximate surface area is 231 Å². The maximum absolute atomic E-state index is 13.8. The van der Waals surface area contributed by atoms with E-state index in [1.807, 2.05) is 13.0 Å². The van der Waals surface area contributed by atoms with Crippen molar-refractivity contribution in [3.63, 3.8) is 0 Å². The number of rotatable bonds is 9. The Kier molecular flexibility index (Phi) is 8.04. The Bertz CT molecular complexity index is 1380. The van der Waals surface area contributed by atoms with Crippen LogP contribution >= 0.6 is 0 Å². The molecule has 2 aromatic rings. The number of nitrogens with zero attached hydrogens (tertiary/aromatic N) is 2. The maximum atomic E-state index is 13.8. The normalized spacial score (nSPS) is 24.9. The predicted octanol–water partition coefficient (Wildman–Crippen LogP) is 3.51. The molecule has 2 aliphatic heterocycles. The molecule has 40 heavy (non-hydrogen) atoms. The molecule has 1 aromatic heterocycles. The van der Waals surface area contributed by atoms with E-state index in [4.69, 9.17) is 13.8 Å². The number of ether oxygens (including phenoxy) is 1. The molecule has 0 bridgehead atoms. The number of carbonyl (C=O) groups is 2.